The summed E-state index contributed by atoms with van der Waals surface area (Å²) in [7, 11) is 0. The van der Waals surface area contributed by atoms with Gasteiger partial charge in [-0.25, -0.2) is 0 Å². The highest BCUT2D eigenvalue weighted by molar-refractivity contribution is 7.19. The van der Waals surface area contributed by atoms with Crippen molar-refractivity contribution in [3.8, 4) is 0 Å². The lowest BCUT2D eigenvalue weighted by Gasteiger charge is -2.14. The summed E-state index contributed by atoms with van der Waals surface area (Å²) in [6, 6.07) is 7.98. The van der Waals surface area contributed by atoms with Crippen LogP contribution >= 0.6 is 22.9 Å². The molecule has 0 bridgehead atoms. The molecule has 0 unspecified atom stereocenters. The summed E-state index contributed by atoms with van der Waals surface area (Å²) in [6.07, 6.45) is 0.684. The molecule has 0 aliphatic heterocycles. The van der Waals surface area contributed by atoms with Crippen molar-refractivity contribution >= 4 is 33.0 Å². The second kappa shape index (κ2) is 3.78. The molecule has 1 aromatic heterocycles. The Labute approximate surface area is 98.3 Å². The lowest BCUT2D eigenvalue weighted by atomic mass is 10.0. The first-order chi connectivity index (χ1) is 6.94. The van der Waals surface area contributed by atoms with Gasteiger partial charge in [0.05, 0.1) is 5.60 Å². The van der Waals surface area contributed by atoms with E-state index in [1.54, 1.807) is 11.3 Å². The van der Waals surface area contributed by atoms with Crippen LogP contribution in [0.15, 0.2) is 24.3 Å². The number of aliphatic hydroxyl groups is 1. The van der Waals surface area contributed by atoms with Crippen LogP contribution < -0.4 is 0 Å². The van der Waals surface area contributed by atoms with Crippen LogP contribution in [-0.4, -0.2) is 10.7 Å². The van der Waals surface area contributed by atoms with Crippen LogP contribution in [0.5, 0.6) is 0 Å². The van der Waals surface area contributed by atoms with Gasteiger partial charge in [0.25, 0.3) is 0 Å². The van der Waals surface area contributed by atoms with Crippen molar-refractivity contribution in [3.05, 3.63) is 34.2 Å². The van der Waals surface area contributed by atoms with Gasteiger partial charge in [-0.1, -0.05) is 11.6 Å². The molecule has 0 spiro atoms. The van der Waals surface area contributed by atoms with E-state index in [9.17, 15) is 5.11 Å². The minimum Gasteiger partial charge on any atom is -0.390 e. The van der Waals surface area contributed by atoms with Gasteiger partial charge in [-0.05, 0) is 43.5 Å². The summed E-state index contributed by atoms with van der Waals surface area (Å²) in [6.45, 7) is 3.65. The summed E-state index contributed by atoms with van der Waals surface area (Å²) in [4.78, 5) is 1.19. The van der Waals surface area contributed by atoms with Gasteiger partial charge in [0.2, 0.25) is 0 Å². The molecule has 1 nitrogen and oxygen atoms in total. The maximum Gasteiger partial charge on any atom is 0.0639 e. The van der Waals surface area contributed by atoms with Crippen LogP contribution in [0.4, 0.5) is 0 Å². The summed E-state index contributed by atoms with van der Waals surface area (Å²) in [5.41, 5.74) is -0.648. The van der Waals surface area contributed by atoms with Crippen molar-refractivity contribution in [3.63, 3.8) is 0 Å². The van der Waals surface area contributed by atoms with E-state index < -0.39 is 5.60 Å². The Hall–Kier alpha value is -0.570. The van der Waals surface area contributed by atoms with Gasteiger partial charge in [-0.15, -0.1) is 11.3 Å². The maximum absolute atomic E-state index is 9.73. The zero-order chi connectivity index (χ0) is 11.1. The van der Waals surface area contributed by atoms with Crippen molar-refractivity contribution in [1.29, 1.82) is 0 Å². The highest BCUT2D eigenvalue weighted by Crippen LogP contribution is 2.30. The fourth-order valence-corrected chi connectivity index (χ4v) is 3.03. The van der Waals surface area contributed by atoms with E-state index in [4.69, 9.17) is 11.6 Å². The lowest BCUT2D eigenvalue weighted by molar-refractivity contribution is 0.0819. The van der Waals surface area contributed by atoms with Crippen LogP contribution in [0, 0.1) is 0 Å². The fraction of sp³-hybridized carbons (Fsp3) is 0.333. The molecule has 0 amide bonds. The average molecular weight is 241 g/mol. The maximum atomic E-state index is 9.73. The lowest BCUT2D eigenvalue weighted by Crippen LogP contribution is -2.20. The van der Waals surface area contributed by atoms with E-state index in [2.05, 4.69) is 6.07 Å². The third-order valence-corrected chi connectivity index (χ3v) is 3.49. The largest absolute Gasteiger partial charge is 0.390 e. The summed E-state index contributed by atoms with van der Waals surface area (Å²) >= 11 is 7.63. The number of thiophene rings is 1. The fourth-order valence-electron chi connectivity index (χ4n) is 1.58. The second-order valence-corrected chi connectivity index (χ2v) is 5.99. The predicted molar refractivity (Wildman–Crippen MR) is 66.8 cm³/mol. The van der Waals surface area contributed by atoms with Crippen molar-refractivity contribution in [2.24, 2.45) is 0 Å². The molecule has 0 fully saturated rings. The van der Waals surface area contributed by atoms with Gasteiger partial charge < -0.3 is 5.11 Å². The second-order valence-electron chi connectivity index (χ2n) is 4.38. The van der Waals surface area contributed by atoms with Crippen molar-refractivity contribution in [1.82, 2.24) is 0 Å². The molecule has 0 saturated heterocycles. The normalized spacial score (nSPS) is 12.3. The summed E-state index contributed by atoms with van der Waals surface area (Å²) < 4.78 is 1.22. The van der Waals surface area contributed by atoms with Crippen LogP contribution in [0.25, 0.3) is 10.1 Å². The minimum absolute atomic E-state index is 0.648. The highest BCUT2D eigenvalue weighted by Gasteiger charge is 2.15. The van der Waals surface area contributed by atoms with Crippen LogP contribution in [0.1, 0.15) is 18.7 Å². The van der Waals surface area contributed by atoms with Crippen molar-refractivity contribution in [2.45, 2.75) is 25.9 Å². The molecule has 3 heteroatoms. The smallest absolute Gasteiger partial charge is 0.0639 e. The number of rotatable bonds is 2. The van der Waals surface area contributed by atoms with Crippen LogP contribution in [0.3, 0.4) is 0 Å². The number of hydrogen-bond acceptors (Lipinski definition) is 2. The highest BCUT2D eigenvalue weighted by atomic mass is 35.5. The summed E-state index contributed by atoms with van der Waals surface area (Å²) in [5, 5.41) is 11.6. The van der Waals surface area contributed by atoms with Gasteiger partial charge >= 0.3 is 0 Å². The average Bonchev–Trinajstić information content (AvgIpc) is 2.42. The third kappa shape index (κ3) is 2.71. The Bertz CT molecular complexity index is 482. The summed E-state index contributed by atoms with van der Waals surface area (Å²) in [5.74, 6) is 0. The molecular formula is C12H13ClOS. The molecule has 0 aliphatic rings. The molecule has 15 heavy (non-hydrogen) atoms. The Morgan fingerprint density at radius 1 is 1.33 bits per heavy atom. The third-order valence-electron chi connectivity index (χ3n) is 2.14. The van der Waals surface area contributed by atoms with Crippen molar-refractivity contribution in [2.75, 3.05) is 0 Å². The Kier molecular flexibility index (Phi) is 2.75. The number of fused-ring (bicyclic) bond motifs is 1. The van der Waals surface area contributed by atoms with Gasteiger partial charge in [0.15, 0.2) is 0 Å². The van der Waals surface area contributed by atoms with E-state index in [1.807, 2.05) is 32.0 Å². The van der Waals surface area contributed by atoms with Crippen LogP contribution in [-0.2, 0) is 6.42 Å². The zero-order valence-corrected chi connectivity index (χ0v) is 10.3. The quantitative estimate of drug-likeness (QED) is 0.845. The molecule has 1 aromatic carbocycles. The standard InChI is InChI=1S/C12H13ClOS/c1-12(2,14)7-10-6-8-5-9(13)3-4-11(8)15-10/h3-6,14H,7H2,1-2H3. The number of halogens is 1. The Balaban J connectivity index is 2.39. The molecule has 1 N–H and O–H groups in total. The zero-order valence-electron chi connectivity index (χ0n) is 8.75. The SMILES string of the molecule is CC(C)(O)Cc1cc2cc(Cl)ccc2s1. The predicted octanol–water partition coefficient (Wildman–Crippen LogP) is 3.87. The molecule has 0 aliphatic carbocycles. The van der Waals surface area contributed by atoms with E-state index in [1.165, 1.54) is 9.58 Å². The molecular weight excluding hydrogens is 228 g/mol. The minimum atomic E-state index is -0.648. The monoisotopic (exact) mass is 240 g/mol. The van der Waals surface area contributed by atoms with E-state index in [-0.39, 0.29) is 0 Å². The van der Waals surface area contributed by atoms with E-state index in [0.29, 0.717) is 6.42 Å². The molecule has 2 rings (SSSR count). The molecule has 0 saturated carbocycles. The van der Waals surface area contributed by atoms with Gasteiger partial charge in [-0.3, -0.25) is 0 Å². The molecule has 0 radical (unpaired) electrons. The molecule has 0 atom stereocenters. The van der Waals surface area contributed by atoms with Gasteiger partial charge in [0, 0.05) is 21.0 Å². The van der Waals surface area contributed by atoms with Gasteiger partial charge in [-0.2, -0.15) is 0 Å². The first-order valence-electron chi connectivity index (χ1n) is 4.84. The molecule has 80 valence electrons. The number of benzene rings is 1. The topological polar surface area (TPSA) is 20.2 Å². The van der Waals surface area contributed by atoms with Crippen LogP contribution in [0.2, 0.25) is 5.02 Å². The molecule has 2 aromatic rings. The first-order valence-corrected chi connectivity index (χ1v) is 6.04. The van der Waals surface area contributed by atoms with E-state index in [0.717, 1.165) is 10.4 Å². The Morgan fingerprint density at radius 2 is 2.07 bits per heavy atom. The Morgan fingerprint density at radius 3 is 2.73 bits per heavy atom. The number of hydrogen-bond donors (Lipinski definition) is 1. The van der Waals surface area contributed by atoms with Crippen molar-refractivity contribution < 1.29 is 5.11 Å². The van der Waals surface area contributed by atoms with Gasteiger partial charge in [0.1, 0.15) is 0 Å². The van der Waals surface area contributed by atoms with E-state index >= 15 is 0 Å². The first kappa shape index (κ1) is 10.9. The molecule has 1 heterocycles.